The molecule has 1 unspecified atom stereocenters. The Morgan fingerprint density at radius 3 is 2.24 bits per heavy atom. The summed E-state index contributed by atoms with van der Waals surface area (Å²) >= 11 is 17.7. The van der Waals surface area contributed by atoms with Crippen LogP contribution in [0.5, 0.6) is 0 Å². The monoisotopic (exact) mass is 406 g/mol. The van der Waals surface area contributed by atoms with Crippen LogP contribution in [0.25, 0.3) is 6.08 Å². The van der Waals surface area contributed by atoms with E-state index in [2.05, 4.69) is 0 Å². The number of benzene rings is 2. The predicted molar refractivity (Wildman–Crippen MR) is 95.9 cm³/mol. The summed E-state index contributed by atoms with van der Waals surface area (Å²) in [6.07, 6.45) is -1.61. The number of alkyl halides is 3. The van der Waals surface area contributed by atoms with Crippen LogP contribution in [-0.4, -0.2) is 12.5 Å². The Kier molecular flexibility index (Phi) is 6.20. The maximum atomic E-state index is 13.5. The number of hydrogen-bond donors (Lipinski definition) is 0. The molecule has 0 saturated heterocycles. The van der Waals surface area contributed by atoms with Crippen molar-refractivity contribution in [1.29, 1.82) is 0 Å². The molecule has 0 spiro atoms. The summed E-state index contributed by atoms with van der Waals surface area (Å²) in [6, 6.07) is 6.96. The smallest absolute Gasteiger partial charge is 0.298 e. The minimum absolute atomic E-state index is 0.00809. The highest BCUT2D eigenvalue weighted by atomic mass is 35.5. The van der Waals surface area contributed by atoms with Crippen molar-refractivity contribution in [1.82, 2.24) is 0 Å². The average molecular weight is 408 g/mol. The lowest BCUT2D eigenvalue weighted by Gasteiger charge is -2.19. The number of halogens is 6. The van der Waals surface area contributed by atoms with E-state index in [1.807, 2.05) is 0 Å². The first kappa shape index (κ1) is 19.8. The second-order valence-corrected chi connectivity index (χ2v) is 6.60. The summed E-state index contributed by atoms with van der Waals surface area (Å²) in [4.78, 5) is 10.7. The molecule has 0 fully saturated rings. The molecular weight excluding hydrogens is 396 g/mol. The number of allylic oxidation sites excluding steroid dienone is 1. The lowest BCUT2D eigenvalue weighted by molar-refractivity contribution is -0.139. The molecule has 0 aliphatic rings. The highest BCUT2D eigenvalue weighted by molar-refractivity contribution is 6.42. The van der Waals surface area contributed by atoms with E-state index in [4.69, 9.17) is 34.8 Å². The van der Waals surface area contributed by atoms with Crippen molar-refractivity contribution in [3.63, 3.8) is 0 Å². The van der Waals surface area contributed by atoms with E-state index < -0.39 is 12.1 Å². The Morgan fingerprint density at radius 1 is 1.04 bits per heavy atom. The zero-order valence-electron chi connectivity index (χ0n) is 12.9. The van der Waals surface area contributed by atoms with E-state index in [1.54, 1.807) is 6.92 Å². The molecule has 0 aromatic heterocycles. The first-order valence-electron chi connectivity index (χ1n) is 7.08. The van der Waals surface area contributed by atoms with Crippen LogP contribution in [0.15, 0.2) is 36.4 Å². The van der Waals surface area contributed by atoms with Gasteiger partial charge in [0.2, 0.25) is 0 Å². The van der Waals surface area contributed by atoms with Gasteiger partial charge in [-0.1, -0.05) is 59.1 Å². The van der Waals surface area contributed by atoms with Crippen LogP contribution in [0.4, 0.5) is 13.2 Å². The second-order valence-electron chi connectivity index (χ2n) is 5.41. The van der Waals surface area contributed by atoms with Gasteiger partial charge >= 0.3 is 6.18 Å². The van der Waals surface area contributed by atoms with Gasteiger partial charge in [0.15, 0.2) is 6.29 Å². The fourth-order valence-corrected chi connectivity index (χ4v) is 2.91. The van der Waals surface area contributed by atoms with Crippen LogP contribution in [0.1, 0.15) is 33.0 Å². The number of hydrogen-bond acceptors (Lipinski definition) is 1. The number of aldehydes is 1. The third-order valence-electron chi connectivity index (χ3n) is 3.58. The van der Waals surface area contributed by atoms with Gasteiger partial charge in [0.1, 0.15) is 0 Å². The molecule has 0 bridgehead atoms. The van der Waals surface area contributed by atoms with E-state index in [9.17, 15) is 18.0 Å². The summed E-state index contributed by atoms with van der Waals surface area (Å²) in [6.45, 7) is 1.59. The van der Waals surface area contributed by atoms with Gasteiger partial charge in [-0.15, -0.1) is 0 Å². The Balaban J connectivity index is 2.43. The molecule has 0 aliphatic heterocycles. The largest absolute Gasteiger partial charge is 0.399 e. The van der Waals surface area contributed by atoms with Gasteiger partial charge in [-0.2, -0.15) is 13.2 Å². The van der Waals surface area contributed by atoms with Gasteiger partial charge in [0, 0.05) is 5.56 Å². The standard InChI is InChI=1S/C18H12Cl3F3O/c1-10-6-13(8-16(20)17(10)21)14(18(22,23)24)5-3-11-2-4-12(9-25)15(19)7-11/h2-9,14H,1H3/b5-3+. The zero-order valence-corrected chi connectivity index (χ0v) is 15.1. The molecule has 1 atom stereocenters. The summed E-state index contributed by atoms with van der Waals surface area (Å²) in [7, 11) is 0. The van der Waals surface area contributed by atoms with Crippen LogP contribution in [0.2, 0.25) is 15.1 Å². The van der Waals surface area contributed by atoms with Crippen LogP contribution in [0, 0.1) is 6.92 Å². The Morgan fingerprint density at radius 2 is 1.72 bits per heavy atom. The molecule has 0 saturated carbocycles. The van der Waals surface area contributed by atoms with Gasteiger partial charge < -0.3 is 0 Å². The van der Waals surface area contributed by atoms with E-state index in [0.29, 0.717) is 17.4 Å². The number of aryl methyl sites for hydroxylation is 1. The molecule has 2 aromatic carbocycles. The Bertz CT molecular complexity index is 806. The van der Waals surface area contributed by atoms with Crippen molar-refractivity contribution in [3.8, 4) is 0 Å². The van der Waals surface area contributed by atoms with Crippen molar-refractivity contribution >= 4 is 47.2 Å². The van der Waals surface area contributed by atoms with Gasteiger partial charge in [-0.25, -0.2) is 0 Å². The average Bonchev–Trinajstić information content (AvgIpc) is 2.51. The summed E-state index contributed by atoms with van der Waals surface area (Å²) in [5, 5.41) is 0.468. The van der Waals surface area contributed by atoms with E-state index in [1.165, 1.54) is 36.4 Å². The van der Waals surface area contributed by atoms with E-state index >= 15 is 0 Å². The fourth-order valence-electron chi connectivity index (χ4n) is 2.29. The molecule has 132 valence electrons. The molecule has 0 heterocycles. The summed E-state index contributed by atoms with van der Waals surface area (Å²) in [5.74, 6) is -1.86. The van der Waals surface area contributed by atoms with Crippen molar-refractivity contribution in [3.05, 3.63) is 73.7 Å². The van der Waals surface area contributed by atoms with Gasteiger partial charge in [0.25, 0.3) is 0 Å². The molecule has 7 heteroatoms. The lowest BCUT2D eigenvalue weighted by atomic mass is 9.95. The summed E-state index contributed by atoms with van der Waals surface area (Å²) < 4.78 is 40.4. The van der Waals surface area contributed by atoms with Crippen LogP contribution in [0.3, 0.4) is 0 Å². The number of carbonyl (C=O) groups is 1. The maximum absolute atomic E-state index is 13.5. The van der Waals surface area contributed by atoms with Crippen molar-refractivity contribution < 1.29 is 18.0 Å². The van der Waals surface area contributed by atoms with E-state index in [-0.39, 0.29) is 26.2 Å². The first-order valence-corrected chi connectivity index (χ1v) is 8.22. The minimum Gasteiger partial charge on any atom is -0.298 e. The van der Waals surface area contributed by atoms with Crippen molar-refractivity contribution in [2.24, 2.45) is 0 Å². The summed E-state index contributed by atoms with van der Waals surface area (Å²) in [5.41, 5.74) is 1.17. The molecule has 1 nitrogen and oxygen atoms in total. The normalized spacial score (nSPS) is 13.2. The third kappa shape index (κ3) is 4.78. The predicted octanol–water partition coefficient (Wildman–Crippen LogP) is 7.13. The zero-order chi connectivity index (χ0) is 18.8. The second kappa shape index (κ2) is 7.81. The van der Waals surface area contributed by atoms with Crippen LogP contribution >= 0.6 is 34.8 Å². The highest BCUT2D eigenvalue weighted by Gasteiger charge is 2.39. The van der Waals surface area contributed by atoms with Crippen LogP contribution < -0.4 is 0 Å². The van der Waals surface area contributed by atoms with Gasteiger partial charge in [-0.3, -0.25) is 4.79 Å². The number of carbonyl (C=O) groups excluding carboxylic acids is 1. The topological polar surface area (TPSA) is 17.1 Å². The van der Waals surface area contributed by atoms with Crippen molar-refractivity contribution in [2.45, 2.75) is 19.0 Å². The molecule has 0 radical (unpaired) electrons. The van der Waals surface area contributed by atoms with Gasteiger partial charge in [-0.05, 0) is 41.8 Å². The molecule has 0 amide bonds. The SMILES string of the molecule is Cc1cc(C(/C=C/c2ccc(C=O)c(Cl)c2)C(F)(F)F)cc(Cl)c1Cl. The first-order chi connectivity index (χ1) is 11.6. The molecule has 2 rings (SSSR count). The Labute approximate surface area is 158 Å². The van der Waals surface area contributed by atoms with E-state index in [0.717, 1.165) is 6.08 Å². The van der Waals surface area contributed by atoms with Gasteiger partial charge in [0.05, 0.1) is 21.0 Å². The minimum atomic E-state index is -4.51. The molecular formula is C18H12Cl3F3O. The van der Waals surface area contributed by atoms with Crippen LogP contribution in [-0.2, 0) is 0 Å². The maximum Gasteiger partial charge on any atom is 0.399 e. The van der Waals surface area contributed by atoms with Crippen molar-refractivity contribution in [2.75, 3.05) is 0 Å². The molecule has 25 heavy (non-hydrogen) atoms. The molecule has 2 aromatic rings. The third-order valence-corrected chi connectivity index (χ3v) is 4.80. The highest BCUT2D eigenvalue weighted by Crippen LogP contribution is 2.39. The quantitative estimate of drug-likeness (QED) is 0.493. The lowest BCUT2D eigenvalue weighted by Crippen LogP contribution is -2.19. The number of rotatable bonds is 4. The molecule has 0 aliphatic carbocycles. The fraction of sp³-hybridized carbons (Fsp3) is 0.167. The molecule has 0 N–H and O–H groups in total. The Hall–Kier alpha value is -1.49.